The Hall–Kier alpha value is -3.65. The van der Waals surface area contributed by atoms with E-state index in [0.29, 0.717) is 46.3 Å². The summed E-state index contributed by atoms with van der Waals surface area (Å²) in [6, 6.07) is 13.6. The lowest BCUT2D eigenvalue weighted by molar-refractivity contribution is 0.102. The zero-order valence-electron chi connectivity index (χ0n) is 17.0. The summed E-state index contributed by atoms with van der Waals surface area (Å²) in [4.78, 5) is 39.4. The number of pyridine rings is 1. The zero-order valence-corrected chi connectivity index (χ0v) is 17.0. The number of oxazole rings is 1. The number of hydrogen-bond donors (Lipinski definition) is 1. The van der Waals surface area contributed by atoms with E-state index in [1.807, 2.05) is 37.2 Å². The van der Waals surface area contributed by atoms with E-state index in [-0.39, 0.29) is 5.56 Å². The van der Waals surface area contributed by atoms with Crippen molar-refractivity contribution in [1.82, 2.24) is 14.0 Å². The fraction of sp³-hybridized carbons (Fsp3) is 0.227. The van der Waals surface area contributed by atoms with Gasteiger partial charge in [-0.3, -0.25) is 14.2 Å². The molecular weight excluding hydrogens is 384 g/mol. The first kappa shape index (κ1) is 19.7. The van der Waals surface area contributed by atoms with Crippen LogP contribution in [0.2, 0.25) is 0 Å². The highest BCUT2D eigenvalue weighted by molar-refractivity contribution is 6.12. The lowest BCUT2D eigenvalue weighted by Gasteiger charge is -2.11. The largest absolute Gasteiger partial charge is 0.419 e. The quantitative estimate of drug-likeness (QED) is 0.549. The molecule has 4 aromatic rings. The van der Waals surface area contributed by atoms with E-state index in [1.165, 1.54) is 10.6 Å². The Morgan fingerprint density at radius 1 is 1.07 bits per heavy atom. The van der Waals surface area contributed by atoms with Crippen LogP contribution in [0.3, 0.4) is 0 Å². The van der Waals surface area contributed by atoms with Gasteiger partial charge in [-0.15, -0.1) is 0 Å². The summed E-state index contributed by atoms with van der Waals surface area (Å²) >= 11 is 0. The highest BCUT2D eigenvalue weighted by Crippen LogP contribution is 2.21. The van der Waals surface area contributed by atoms with Crippen LogP contribution in [-0.4, -0.2) is 40.6 Å². The Labute approximate surface area is 171 Å². The maximum absolute atomic E-state index is 13.0. The molecule has 8 heteroatoms. The fourth-order valence-electron chi connectivity index (χ4n) is 3.45. The summed E-state index contributed by atoms with van der Waals surface area (Å²) < 4.78 is 8.34. The SMILES string of the molecule is CN(C)CCn1c(=O)oc2ccc(NC(=O)c3cc(=O)n(C)c4ccccc34)cc21. The van der Waals surface area contributed by atoms with Crippen molar-refractivity contribution < 1.29 is 9.21 Å². The minimum absolute atomic E-state index is 0.262. The number of aromatic nitrogens is 2. The lowest BCUT2D eigenvalue weighted by Crippen LogP contribution is -2.23. The first-order chi connectivity index (χ1) is 14.3. The van der Waals surface area contributed by atoms with Gasteiger partial charge in [0.2, 0.25) is 0 Å². The average molecular weight is 406 g/mol. The minimum atomic E-state index is -0.437. The molecule has 2 heterocycles. The van der Waals surface area contributed by atoms with E-state index >= 15 is 0 Å². The van der Waals surface area contributed by atoms with Crippen molar-refractivity contribution in [3.8, 4) is 0 Å². The van der Waals surface area contributed by atoms with Crippen LogP contribution in [0, 0.1) is 0 Å². The van der Waals surface area contributed by atoms with Gasteiger partial charge >= 0.3 is 5.76 Å². The molecule has 30 heavy (non-hydrogen) atoms. The normalized spacial score (nSPS) is 11.5. The molecular formula is C22H22N4O4. The molecule has 8 nitrogen and oxygen atoms in total. The van der Waals surface area contributed by atoms with E-state index in [9.17, 15) is 14.4 Å². The van der Waals surface area contributed by atoms with Gasteiger partial charge in [-0.2, -0.15) is 0 Å². The summed E-state index contributed by atoms with van der Waals surface area (Å²) in [5.74, 6) is -0.832. The summed E-state index contributed by atoms with van der Waals surface area (Å²) in [6.07, 6.45) is 0. The number of fused-ring (bicyclic) bond motifs is 2. The molecule has 0 atom stereocenters. The monoisotopic (exact) mass is 406 g/mol. The van der Waals surface area contributed by atoms with Gasteiger partial charge in [0.1, 0.15) is 0 Å². The molecule has 0 radical (unpaired) electrons. The summed E-state index contributed by atoms with van der Waals surface area (Å²) in [5.41, 5.74) is 2.28. The summed E-state index contributed by atoms with van der Waals surface area (Å²) in [6.45, 7) is 1.14. The molecule has 2 aromatic carbocycles. The van der Waals surface area contributed by atoms with E-state index in [4.69, 9.17) is 4.42 Å². The van der Waals surface area contributed by atoms with Crippen LogP contribution in [0.25, 0.3) is 22.0 Å². The number of rotatable bonds is 5. The molecule has 0 fully saturated rings. The van der Waals surface area contributed by atoms with Crippen molar-refractivity contribution >= 4 is 33.6 Å². The number of anilines is 1. The molecule has 1 amide bonds. The molecule has 0 unspecified atom stereocenters. The smallest absolute Gasteiger partial charge is 0.408 e. The van der Waals surface area contributed by atoms with Crippen molar-refractivity contribution in [2.24, 2.45) is 7.05 Å². The second-order valence-corrected chi connectivity index (χ2v) is 7.43. The third kappa shape index (κ3) is 3.53. The molecule has 0 aliphatic rings. The van der Waals surface area contributed by atoms with Crippen LogP contribution in [0.1, 0.15) is 10.4 Å². The van der Waals surface area contributed by atoms with Gasteiger partial charge < -0.3 is 19.2 Å². The number of hydrogen-bond acceptors (Lipinski definition) is 5. The highest BCUT2D eigenvalue weighted by Gasteiger charge is 2.15. The Balaban J connectivity index is 1.71. The van der Waals surface area contributed by atoms with Gasteiger partial charge in [0.15, 0.2) is 5.58 Å². The van der Waals surface area contributed by atoms with Gasteiger partial charge in [-0.25, -0.2) is 4.79 Å². The molecule has 2 aromatic heterocycles. The summed E-state index contributed by atoms with van der Waals surface area (Å²) in [7, 11) is 5.52. The number of carbonyl (C=O) groups is 1. The molecule has 0 aliphatic heterocycles. The highest BCUT2D eigenvalue weighted by atomic mass is 16.4. The van der Waals surface area contributed by atoms with Gasteiger partial charge in [0, 0.05) is 37.3 Å². The van der Waals surface area contributed by atoms with Crippen LogP contribution in [-0.2, 0) is 13.6 Å². The van der Waals surface area contributed by atoms with Crippen LogP contribution >= 0.6 is 0 Å². The average Bonchev–Trinajstić information content (AvgIpc) is 3.03. The van der Waals surface area contributed by atoms with Crippen LogP contribution in [0.5, 0.6) is 0 Å². The van der Waals surface area contributed by atoms with Crippen molar-refractivity contribution in [2.45, 2.75) is 6.54 Å². The number of benzene rings is 2. The van der Waals surface area contributed by atoms with Gasteiger partial charge in [0.25, 0.3) is 11.5 Å². The van der Waals surface area contributed by atoms with E-state index in [0.717, 1.165) is 0 Å². The van der Waals surface area contributed by atoms with Crippen molar-refractivity contribution in [2.75, 3.05) is 26.0 Å². The Morgan fingerprint density at radius 3 is 2.60 bits per heavy atom. The number of aryl methyl sites for hydroxylation is 1. The standard InChI is InChI=1S/C22H22N4O4/c1-24(2)10-11-26-18-12-14(8-9-19(18)30-22(26)29)23-21(28)16-13-20(27)25(3)17-7-5-4-6-15(16)17/h4-9,12-13H,10-11H2,1-3H3,(H,23,28). The molecule has 4 rings (SSSR count). The number of nitrogens with one attached hydrogen (secondary N) is 1. The number of amides is 1. The maximum Gasteiger partial charge on any atom is 0.419 e. The number of carbonyl (C=O) groups excluding carboxylic acids is 1. The maximum atomic E-state index is 13.0. The molecule has 154 valence electrons. The van der Waals surface area contributed by atoms with Gasteiger partial charge in [-0.05, 0) is 38.4 Å². The van der Waals surface area contributed by atoms with Crippen molar-refractivity contribution in [3.63, 3.8) is 0 Å². The third-order valence-electron chi connectivity index (χ3n) is 5.09. The predicted octanol–water partition coefficient (Wildman–Crippen LogP) is 2.26. The molecule has 0 saturated carbocycles. The van der Waals surface area contributed by atoms with E-state index in [1.54, 1.807) is 35.9 Å². The first-order valence-electron chi connectivity index (χ1n) is 9.53. The van der Waals surface area contributed by atoms with Crippen molar-refractivity contribution in [3.05, 3.63) is 75.0 Å². The summed E-state index contributed by atoms with van der Waals surface area (Å²) in [5, 5.41) is 3.52. The number of para-hydroxylation sites is 1. The third-order valence-corrected chi connectivity index (χ3v) is 5.09. The topological polar surface area (TPSA) is 89.5 Å². The lowest BCUT2D eigenvalue weighted by atomic mass is 10.1. The number of likely N-dealkylation sites (N-methyl/N-ethyl adjacent to an activating group) is 1. The minimum Gasteiger partial charge on any atom is -0.408 e. The Kier molecular flexibility index (Phi) is 5.01. The van der Waals surface area contributed by atoms with Crippen LogP contribution < -0.4 is 16.6 Å². The second kappa shape index (κ2) is 7.64. The Bertz CT molecular complexity index is 1380. The number of nitrogens with zero attached hydrogens (tertiary/aromatic N) is 3. The van der Waals surface area contributed by atoms with Gasteiger partial charge in [0.05, 0.1) is 16.6 Å². The first-order valence-corrected chi connectivity index (χ1v) is 9.53. The molecule has 0 saturated heterocycles. The Morgan fingerprint density at radius 2 is 1.83 bits per heavy atom. The molecule has 1 N–H and O–H groups in total. The van der Waals surface area contributed by atoms with Gasteiger partial charge in [-0.1, -0.05) is 18.2 Å². The molecule has 0 bridgehead atoms. The van der Waals surface area contributed by atoms with Crippen LogP contribution in [0.15, 0.2) is 62.5 Å². The molecule has 0 aliphatic carbocycles. The second-order valence-electron chi connectivity index (χ2n) is 7.43. The molecule has 0 spiro atoms. The fourth-order valence-corrected chi connectivity index (χ4v) is 3.45. The van der Waals surface area contributed by atoms with Crippen LogP contribution in [0.4, 0.5) is 5.69 Å². The van der Waals surface area contributed by atoms with Crippen molar-refractivity contribution in [1.29, 1.82) is 0 Å². The van der Waals surface area contributed by atoms with E-state index < -0.39 is 11.7 Å². The zero-order chi connectivity index (χ0) is 21.4. The predicted molar refractivity (Wildman–Crippen MR) is 116 cm³/mol. The van der Waals surface area contributed by atoms with E-state index in [2.05, 4.69) is 5.32 Å².